The maximum atomic E-state index is 12.6. The fourth-order valence-electron chi connectivity index (χ4n) is 2.10. The molecule has 0 amide bonds. The number of piperazine rings is 1. The van der Waals surface area contributed by atoms with Crippen LogP contribution in [0.4, 0.5) is 0 Å². The van der Waals surface area contributed by atoms with E-state index in [4.69, 9.17) is 0 Å². The Morgan fingerprint density at radius 2 is 2.12 bits per heavy atom. The third-order valence-corrected chi connectivity index (χ3v) is 5.12. The molecule has 1 saturated heterocycles. The van der Waals surface area contributed by atoms with Crippen molar-refractivity contribution in [2.75, 3.05) is 26.2 Å². The highest BCUT2D eigenvalue weighted by atomic mass is 79.9. The number of nitrogens with zero attached hydrogens (tertiary/aromatic N) is 1. The van der Waals surface area contributed by atoms with Crippen LogP contribution in [-0.2, 0) is 0 Å². The molecule has 2 rings (SSSR count). The molecule has 1 aliphatic rings. The number of ketones is 1. The van der Waals surface area contributed by atoms with E-state index in [0.717, 1.165) is 35.5 Å². The van der Waals surface area contributed by atoms with Crippen molar-refractivity contribution in [3.8, 4) is 0 Å². The lowest BCUT2D eigenvalue weighted by molar-refractivity contribution is 0.0606. The second kappa shape index (κ2) is 5.18. The summed E-state index contributed by atoms with van der Waals surface area (Å²) in [5, 5.41) is 5.26. The minimum atomic E-state index is -0.421. The molecule has 0 saturated carbocycles. The molecular weight excluding hydrogens is 300 g/mol. The summed E-state index contributed by atoms with van der Waals surface area (Å²) in [5.74, 6) is 0.210. The third-order valence-electron chi connectivity index (χ3n) is 3.29. The van der Waals surface area contributed by atoms with Crippen LogP contribution in [0, 0.1) is 0 Å². The van der Waals surface area contributed by atoms with Crippen LogP contribution >= 0.6 is 27.3 Å². The van der Waals surface area contributed by atoms with Gasteiger partial charge in [-0.1, -0.05) is 0 Å². The molecule has 94 valence electrons. The van der Waals surface area contributed by atoms with E-state index in [1.807, 2.05) is 25.3 Å². The number of Topliss-reactive ketones (excluding diaryl/α,β-unsaturated/α-hetero) is 1. The topological polar surface area (TPSA) is 32.3 Å². The highest BCUT2D eigenvalue weighted by Crippen LogP contribution is 2.29. The van der Waals surface area contributed by atoms with Crippen LogP contribution in [0.15, 0.2) is 15.9 Å². The van der Waals surface area contributed by atoms with Gasteiger partial charge in [0.1, 0.15) is 0 Å². The monoisotopic (exact) mass is 316 g/mol. The van der Waals surface area contributed by atoms with Gasteiger partial charge in [-0.05, 0) is 41.2 Å². The molecule has 1 fully saturated rings. The van der Waals surface area contributed by atoms with Gasteiger partial charge in [0.15, 0.2) is 5.78 Å². The molecule has 2 heterocycles. The van der Waals surface area contributed by atoms with E-state index in [9.17, 15) is 4.79 Å². The van der Waals surface area contributed by atoms with E-state index in [0.29, 0.717) is 0 Å². The Labute approximate surface area is 114 Å². The summed E-state index contributed by atoms with van der Waals surface area (Å²) in [5.41, 5.74) is -0.421. The summed E-state index contributed by atoms with van der Waals surface area (Å²) in [4.78, 5) is 15.7. The zero-order valence-electron chi connectivity index (χ0n) is 10.1. The van der Waals surface area contributed by atoms with Gasteiger partial charge in [0.2, 0.25) is 0 Å². The van der Waals surface area contributed by atoms with Crippen LogP contribution in [0.3, 0.4) is 0 Å². The molecule has 1 aromatic heterocycles. The Bertz CT molecular complexity index is 410. The maximum absolute atomic E-state index is 12.6. The van der Waals surface area contributed by atoms with Crippen LogP contribution < -0.4 is 5.32 Å². The Kier molecular flexibility index (Phi) is 4.02. The number of hydrogen-bond donors (Lipinski definition) is 1. The van der Waals surface area contributed by atoms with Crippen molar-refractivity contribution in [2.24, 2.45) is 0 Å². The number of thiophene rings is 1. The molecule has 1 N–H and O–H groups in total. The van der Waals surface area contributed by atoms with Gasteiger partial charge >= 0.3 is 0 Å². The van der Waals surface area contributed by atoms with Crippen LogP contribution in [0.1, 0.15) is 23.5 Å². The summed E-state index contributed by atoms with van der Waals surface area (Å²) in [6, 6.07) is 1.94. The predicted molar refractivity (Wildman–Crippen MR) is 74.9 cm³/mol. The van der Waals surface area contributed by atoms with Gasteiger partial charge in [-0.3, -0.25) is 9.69 Å². The quantitative estimate of drug-likeness (QED) is 0.869. The third kappa shape index (κ3) is 2.62. The molecule has 0 radical (unpaired) electrons. The van der Waals surface area contributed by atoms with Crippen LogP contribution in [0.25, 0.3) is 0 Å². The summed E-state index contributed by atoms with van der Waals surface area (Å²) in [6.07, 6.45) is 0. The summed E-state index contributed by atoms with van der Waals surface area (Å²) >= 11 is 4.95. The largest absolute Gasteiger partial charge is 0.314 e. The van der Waals surface area contributed by atoms with Crippen molar-refractivity contribution in [1.82, 2.24) is 10.2 Å². The number of rotatable bonds is 3. The Morgan fingerprint density at radius 3 is 2.65 bits per heavy atom. The minimum Gasteiger partial charge on any atom is -0.314 e. The van der Waals surface area contributed by atoms with E-state index < -0.39 is 5.54 Å². The maximum Gasteiger partial charge on any atom is 0.193 e. The van der Waals surface area contributed by atoms with Crippen molar-refractivity contribution in [1.29, 1.82) is 0 Å². The van der Waals surface area contributed by atoms with Gasteiger partial charge in [-0.15, -0.1) is 11.3 Å². The zero-order valence-corrected chi connectivity index (χ0v) is 12.5. The lowest BCUT2D eigenvalue weighted by Crippen LogP contribution is -2.56. The Hall–Kier alpha value is -0.230. The fourth-order valence-corrected chi connectivity index (χ4v) is 3.75. The van der Waals surface area contributed by atoms with Crippen LogP contribution in [0.2, 0.25) is 0 Å². The first-order valence-corrected chi connectivity index (χ1v) is 7.44. The fraction of sp³-hybridized carbons (Fsp3) is 0.583. The molecular formula is C12H17BrN2OS. The van der Waals surface area contributed by atoms with E-state index in [2.05, 4.69) is 26.1 Å². The van der Waals surface area contributed by atoms with Crippen LogP contribution in [0.5, 0.6) is 0 Å². The minimum absolute atomic E-state index is 0.210. The average Bonchev–Trinajstić information content (AvgIpc) is 2.75. The molecule has 1 aliphatic heterocycles. The summed E-state index contributed by atoms with van der Waals surface area (Å²) in [7, 11) is 0. The SMILES string of the molecule is CC(C)(C(=O)c1sccc1Br)N1CCNCC1. The number of carbonyl (C=O) groups excluding carboxylic acids is 1. The van der Waals surface area contributed by atoms with E-state index >= 15 is 0 Å². The smallest absolute Gasteiger partial charge is 0.193 e. The first kappa shape index (κ1) is 13.2. The normalized spacial score (nSPS) is 18.3. The van der Waals surface area contributed by atoms with Gasteiger partial charge in [0.05, 0.1) is 10.4 Å². The predicted octanol–water partition coefficient (Wildman–Crippen LogP) is 2.38. The molecule has 5 heteroatoms. The molecule has 0 aliphatic carbocycles. The van der Waals surface area contributed by atoms with Crippen molar-refractivity contribution in [2.45, 2.75) is 19.4 Å². The molecule has 0 bridgehead atoms. The van der Waals surface area contributed by atoms with Gasteiger partial charge in [-0.25, -0.2) is 0 Å². The molecule has 3 nitrogen and oxygen atoms in total. The lowest BCUT2D eigenvalue weighted by Gasteiger charge is -2.39. The second-order valence-corrected chi connectivity index (χ2v) is 6.49. The number of halogens is 1. The second-order valence-electron chi connectivity index (χ2n) is 4.72. The van der Waals surface area contributed by atoms with Crippen molar-refractivity contribution in [3.63, 3.8) is 0 Å². The highest BCUT2D eigenvalue weighted by molar-refractivity contribution is 9.10. The molecule has 17 heavy (non-hydrogen) atoms. The lowest BCUT2D eigenvalue weighted by atomic mass is 9.94. The summed E-state index contributed by atoms with van der Waals surface area (Å²) in [6.45, 7) is 7.83. The first-order chi connectivity index (χ1) is 8.03. The average molecular weight is 317 g/mol. The molecule has 0 aromatic carbocycles. The van der Waals surface area contributed by atoms with E-state index in [1.165, 1.54) is 11.3 Å². The highest BCUT2D eigenvalue weighted by Gasteiger charge is 2.36. The van der Waals surface area contributed by atoms with Gasteiger partial charge < -0.3 is 5.32 Å². The van der Waals surface area contributed by atoms with Crippen molar-refractivity contribution >= 4 is 33.0 Å². The molecule has 0 spiro atoms. The number of nitrogens with one attached hydrogen (secondary N) is 1. The first-order valence-electron chi connectivity index (χ1n) is 5.77. The van der Waals surface area contributed by atoms with Gasteiger partial charge in [0, 0.05) is 30.7 Å². The van der Waals surface area contributed by atoms with Crippen molar-refractivity contribution < 1.29 is 4.79 Å². The van der Waals surface area contributed by atoms with E-state index in [-0.39, 0.29) is 5.78 Å². The molecule has 1 aromatic rings. The van der Waals surface area contributed by atoms with Crippen LogP contribution in [-0.4, -0.2) is 42.4 Å². The summed E-state index contributed by atoms with van der Waals surface area (Å²) < 4.78 is 0.913. The van der Waals surface area contributed by atoms with E-state index in [1.54, 1.807) is 0 Å². The molecule has 0 unspecified atom stereocenters. The Balaban J connectivity index is 2.19. The zero-order chi connectivity index (χ0) is 12.5. The van der Waals surface area contributed by atoms with Gasteiger partial charge in [0.25, 0.3) is 0 Å². The molecule has 0 atom stereocenters. The number of hydrogen-bond acceptors (Lipinski definition) is 4. The Morgan fingerprint density at radius 1 is 1.47 bits per heavy atom. The van der Waals surface area contributed by atoms with Gasteiger partial charge in [-0.2, -0.15) is 0 Å². The standard InChI is InChI=1S/C12H17BrN2OS/c1-12(2,15-6-4-14-5-7-15)11(16)10-9(13)3-8-17-10/h3,8,14H,4-7H2,1-2H3. The van der Waals surface area contributed by atoms with Crippen molar-refractivity contribution in [3.05, 3.63) is 20.8 Å². The number of carbonyl (C=O) groups is 1.